The molecular formula is C14H16N4O4. The number of carbonyl (C=O) groups is 2. The summed E-state index contributed by atoms with van der Waals surface area (Å²) in [6, 6.07) is 4.74. The molecule has 8 heteroatoms. The van der Waals surface area contributed by atoms with Crippen LogP contribution in [0.25, 0.3) is 11.1 Å². The Balaban J connectivity index is 1.99. The van der Waals surface area contributed by atoms with Gasteiger partial charge < -0.3 is 20.4 Å². The third-order valence-electron chi connectivity index (χ3n) is 3.63. The Kier molecular flexibility index (Phi) is 3.68. The number of fused-ring (bicyclic) bond motifs is 1. The number of hydrogen-bond donors (Lipinski definition) is 2. The van der Waals surface area contributed by atoms with Gasteiger partial charge in [-0.2, -0.15) is 0 Å². The smallest absolute Gasteiger partial charge is 0.408 e. The molecule has 1 fully saturated rings. The third-order valence-corrected chi connectivity index (χ3v) is 3.63. The molecule has 1 aromatic carbocycles. The van der Waals surface area contributed by atoms with Gasteiger partial charge >= 0.3 is 5.76 Å². The standard InChI is InChI=1S/C14H16N4O4/c15-12(19)8-18-10-7-9(1-2-11(10)22-14(18)21)13(20)17-5-3-16-4-6-17/h1-2,7,16H,3-6,8H2,(H2,15,19). The zero-order chi connectivity index (χ0) is 15.7. The largest absolute Gasteiger partial charge is 0.420 e. The first-order valence-electron chi connectivity index (χ1n) is 6.98. The summed E-state index contributed by atoms with van der Waals surface area (Å²) >= 11 is 0. The number of carbonyl (C=O) groups excluding carboxylic acids is 2. The molecule has 2 aromatic rings. The van der Waals surface area contributed by atoms with Gasteiger partial charge in [-0.05, 0) is 18.2 Å². The van der Waals surface area contributed by atoms with Crippen molar-refractivity contribution in [1.29, 1.82) is 0 Å². The maximum Gasteiger partial charge on any atom is 0.420 e. The summed E-state index contributed by atoms with van der Waals surface area (Å²) in [5.41, 5.74) is 6.30. The van der Waals surface area contributed by atoms with E-state index in [0.29, 0.717) is 29.8 Å². The molecule has 0 saturated carbocycles. The molecule has 2 amide bonds. The second-order valence-corrected chi connectivity index (χ2v) is 5.15. The van der Waals surface area contributed by atoms with Gasteiger partial charge in [0.15, 0.2) is 5.58 Å². The van der Waals surface area contributed by atoms with E-state index in [1.54, 1.807) is 23.1 Å². The van der Waals surface area contributed by atoms with Crippen molar-refractivity contribution in [3.8, 4) is 0 Å². The molecule has 116 valence electrons. The lowest BCUT2D eigenvalue weighted by Gasteiger charge is -2.27. The summed E-state index contributed by atoms with van der Waals surface area (Å²) in [5, 5.41) is 3.18. The van der Waals surface area contributed by atoms with Crippen LogP contribution in [0.5, 0.6) is 0 Å². The molecule has 8 nitrogen and oxygen atoms in total. The summed E-state index contributed by atoms with van der Waals surface area (Å²) in [6.07, 6.45) is 0. The van der Waals surface area contributed by atoms with Crippen LogP contribution in [0, 0.1) is 0 Å². The molecule has 1 aromatic heterocycles. The van der Waals surface area contributed by atoms with Crippen LogP contribution in [0.1, 0.15) is 10.4 Å². The lowest BCUT2D eigenvalue weighted by molar-refractivity contribution is -0.118. The van der Waals surface area contributed by atoms with Crippen molar-refractivity contribution in [2.45, 2.75) is 6.54 Å². The second-order valence-electron chi connectivity index (χ2n) is 5.15. The first-order chi connectivity index (χ1) is 10.6. The molecule has 0 radical (unpaired) electrons. The van der Waals surface area contributed by atoms with Gasteiger partial charge in [0.2, 0.25) is 5.91 Å². The van der Waals surface area contributed by atoms with Gasteiger partial charge in [0.25, 0.3) is 5.91 Å². The van der Waals surface area contributed by atoms with Crippen LogP contribution < -0.4 is 16.8 Å². The minimum Gasteiger partial charge on any atom is -0.408 e. The van der Waals surface area contributed by atoms with Crippen LogP contribution in [0.3, 0.4) is 0 Å². The minimum atomic E-state index is -0.666. The van der Waals surface area contributed by atoms with E-state index in [1.165, 1.54) is 0 Å². The molecular weight excluding hydrogens is 288 g/mol. The van der Waals surface area contributed by atoms with Crippen LogP contribution in [0.4, 0.5) is 0 Å². The Hall–Kier alpha value is -2.61. The zero-order valence-electron chi connectivity index (χ0n) is 11.9. The van der Waals surface area contributed by atoms with Crippen molar-refractivity contribution >= 4 is 22.9 Å². The lowest BCUT2D eigenvalue weighted by Crippen LogP contribution is -2.46. The summed E-state index contributed by atoms with van der Waals surface area (Å²) in [7, 11) is 0. The number of piperazine rings is 1. The van der Waals surface area contributed by atoms with Gasteiger partial charge in [0.1, 0.15) is 6.54 Å². The first-order valence-corrected chi connectivity index (χ1v) is 6.98. The fourth-order valence-electron chi connectivity index (χ4n) is 2.55. The number of oxazole rings is 1. The van der Waals surface area contributed by atoms with Gasteiger partial charge in [-0.3, -0.25) is 14.2 Å². The van der Waals surface area contributed by atoms with E-state index in [4.69, 9.17) is 10.2 Å². The van der Waals surface area contributed by atoms with Crippen LogP contribution in [0.2, 0.25) is 0 Å². The molecule has 0 spiro atoms. The van der Waals surface area contributed by atoms with Crippen molar-refractivity contribution in [1.82, 2.24) is 14.8 Å². The Morgan fingerprint density at radius 2 is 2.00 bits per heavy atom. The van der Waals surface area contributed by atoms with Crippen molar-refractivity contribution in [2.24, 2.45) is 5.73 Å². The van der Waals surface area contributed by atoms with E-state index in [9.17, 15) is 14.4 Å². The molecule has 3 N–H and O–H groups in total. The number of aromatic nitrogens is 1. The Morgan fingerprint density at radius 1 is 1.27 bits per heavy atom. The average Bonchev–Trinajstić information content (AvgIpc) is 2.82. The van der Waals surface area contributed by atoms with E-state index < -0.39 is 11.7 Å². The number of nitrogens with two attached hydrogens (primary N) is 1. The van der Waals surface area contributed by atoms with Crippen molar-refractivity contribution < 1.29 is 14.0 Å². The number of nitrogens with one attached hydrogen (secondary N) is 1. The molecule has 3 rings (SSSR count). The number of rotatable bonds is 3. The Morgan fingerprint density at radius 3 is 2.68 bits per heavy atom. The van der Waals surface area contributed by atoms with Crippen molar-refractivity contribution in [3.63, 3.8) is 0 Å². The number of hydrogen-bond acceptors (Lipinski definition) is 5. The Bertz CT molecular complexity index is 786. The van der Waals surface area contributed by atoms with Crippen LogP contribution in [-0.2, 0) is 11.3 Å². The molecule has 0 aliphatic carbocycles. The molecule has 0 atom stereocenters. The lowest BCUT2D eigenvalue weighted by atomic mass is 10.1. The fraction of sp³-hybridized carbons (Fsp3) is 0.357. The monoisotopic (exact) mass is 304 g/mol. The summed E-state index contributed by atoms with van der Waals surface area (Å²) < 4.78 is 6.18. The first kappa shape index (κ1) is 14.3. The fourth-order valence-corrected chi connectivity index (χ4v) is 2.55. The van der Waals surface area contributed by atoms with E-state index >= 15 is 0 Å². The highest BCUT2D eigenvalue weighted by molar-refractivity contribution is 5.97. The van der Waals surface area contributed by atoms with Crippen LogP contribution >= 0.6 is 0 Å². The predicted molar refractivity (Wildman–Crippen MR) is 78.4 cm³/mol. The van der Waals surface area contributed by atoms with Gasteiger partial charge in [0.05, 0.1) is 5.52 Å². The van der Waals surface area contributed by atoms with Gasteiger partial charge in [-0.25, -0.2) is 4.79 Å². The SMILES string of the molecule is NC(=O)Cn1c(=O)oc2ccc(C(=O)N3CCNCC3)cc21. The maximum absolute atomic E-state index is 12.5. The predicted octanol–water partition coefficient (Wildman–Crippen LogP) is -0.875. The van der Waals surface area contributed by atoms with Gasteiger partial charge in [-0.1, -0.05) is 0 Å². The zero-order valence-corrected chi connectivity index (χ0v) is 11.9. The van der Waals surface area contributed by atoms with Gasteiger partial charge in [-0.15, -0.1) is 0 Å². The topological polar surface area (TPSA) is 111 Å². The normalized spacial score (nSPS) is 15.2. The van der Waals surface area contributed by atoms with Crippen molar-refractivity contribution in [2.75, 3.05) is 26.2 Å². The van der Waals surface area contributed by atoms with Crippen molar-refractivity contribution in [3.05, 3.63) is 34.3 Å². The van der Waals surface area contributed by atoms with E-state index in [1.807, 2.05) is 0 Å². The van der Waals surface area contributed by atoms with Crippen LogP contribution in [0.15, 0.2) is 27.4 Å². The average molecular weight is 304 g/mol. The van der Waals surface area contributed by atoms with Crippen LogP contribution in [-0.4, -0.2) is 47.5 Å². The summed E-state index contributed by atoms with van der Waals surface area (Å²) in [4.78, 5) is 37.0. The molecule has 1 saturated heterocycles. The number of benzene rings is 1. The van der Waals surface area contributed by atoms with E-state index in [0.717, 1.165) is 17.7 Å². The molecule has 22 heavy (non-hydrogen) atoms. The molecule has 0 bridgehead atoms. The third kappa shape index (κ3) is 2.60. The minimum absolute atomic E-state index is 0.109. The summed E-state index contributed by atoms with van der Waals surface area (Å²) in [5.74, 6) is -1.42. The Labute approximate surface area is 125 Å². The highest BCUT2D eigenvalue weighted by atomic mass is 16.4. The molecule has 1 aliphatic rings. The second kappa shape index (κ2) is 5.64. The summed E-state index contributed by atoms with van der Waals surface area (Å²) in [6.45, 7) is 2.50. The number of primary amides is 1. The maximum atomic E-state index is 12.5. The van der Waals surface area contributed by atoms with E-state index in [2.05, 4.69) is 5.32 Å². The highest BCUT2D eigenvalue weighted by Crippen LogP contribution is 2.17. The van der Waals surface area contributed by atoms with Gasteiger partial charge in [0, 0.05) is 31.7 Å². The quantitative estimate of drug-likeness (QED) is 0.765. The molecule has 2 heterocycles. The molecule has 0 unspecified atom stereocenters. The van der Waals surface area contributed by atoms with E-state index in [-0.39, 0.29) is 12.5 Å². The highest BCUT2D eigenvalue weighted by Gasteiger charge is 2.20. The molecule has 1 aliphatic heterocycles. The number of nitrogens with zero attached hydrogens (tertiary/aromatic N) is 2. The number of amides is 2.